The van der Waals surface area contributed by atoms with Crippen LogP contribution in [0.3, 0.4) is 0 Å². The minimum Gasteiger partial charge on any atom is -0.337 e. The summed E-state index contributed by atoms with van der Waals surface area (Å²) in [6, 6.07) is 3.17. The van der Waals surface area contributed by atoms with E-state index in [1.54, 1.807) is 24.7 Å². The van der Waals surface area contributed by atoms with Gasteiger partial charge >= 0.3 is 0 Å². The van der Waals surface area contributed by atoms with Crippen molar-refractivity contribution in [3.63, 3.8) is 0 Å². The van der Waals surface area contributed by atoms with Gasteiger partial charge in [-0.25, -0.2) is 23.1 Å². The molecule has 0 unspecified atom stereocenters. The van der Waals surface area contributed by atoms with Crippen LogP contribution in [0.5, 0.6) is 0 Å². The fourth-order valence-corrected chi connectivity index (χ4v) is 2.99. The van der Waals surface area contributed by atoms with E-state index in [0.717, 1.165) is 19.4 Å². The van der Waals surface area contributed by atoms with Crippen molar-refractivity contribution in [3.05, 3.63) is 37.1 Å². The fraction of sp³-hybridized carbons (Fsp3) is 0.333. The second-order valence-electron chi connectivity index (χ2n) is 4.41. The molecular formula is C12H18N6O2S. The highest BCUT2D eigenvalue weighted by Gasteiger charge is 2.18. The molecule has 21 heavy (non-hydrogen) atoms. The Morgan fingerprint density at radius 2 is 2.14 bits per heavy atom. The first-order valence-corrected chi connectivity index (χ1v) is 7.99. The SMILES string of the molecule is NNc1cccnc1S(=O)(=O)NCCCCn1ccnc1. The molecule has 0 radical (unpaired) electrons. The van der Waals surface area contributed by atoms with Gasteiger partial charge in [0.05, 0.1) is 12.0 Å². The van der Waals surface area contributed by atoms with Crippen LogP contribution in [-0.2, 0) is 16.6 Å². The Morgan fingerprint density at radius 3 is 2.86 bits per heavy atom. The highest BCUT2D eigenvalue weighted by atomic mass is 32.2. The van der Waals surface area contributed by atoms with E-state index < -0.39 is 10.0 Å². The number of nitrogens with two attached hydrogens (primary N) is 1. The van der Waals surface area contributed by atoms with Crippen molar-refractivity contribution in [3.8, 4) is 0 Å². The molecule has 2 aromatic heterocycles. The minimum absolute atomic E-state index is 0.0953. The third-order valence-corrected chi connectivity index (χ3v) is 4.29. The number of hydrogen-bond acceptors (Lipinski definition) is 6. The van der Waals surface area contributed by atoms with Crippen molar-refractivity contribution in [1.82, 2.24) is 19.3 Å². The number of unbranched alkanes of at least 4 members (excludes halogenated alkanes) is 1. The lowest BCUT2D eigenvalue weighted by Gasteiger charge is -2.09. The van der Waals surface area contributed by atoms with E-state index >= 15 is 0 Å². The van der Waals surface area contributed by atoms with Gasteiger partial charge in [-0.3, -0.25) is 5.84 Å². The Kier molecular flexibility index (Phi) is 5.26. The fourth-order valence-electron chi connectivity index (χ4n) is 1.83. The van der Waals surface area contributed by atoms with Crippen molar-refractivity contribution in [2.24, 2.45) is 5.84 Å². The number of hydrogen-bond donors (Lipinski definition) is 3. The van der Waals surface area contributed by atoms with Gasteiger partial charge in [0.15, 0.2) is 5.03 Å². The third-order valence-electron chi connectivity index (χ3n) is 2.88. The van der Waals surface area contributed by atoms with Crippen LogP contribution in [0.1, 0.15) is 12.8 Å². The molecule has 9 heteroatoms. The first-order chi connectivity index (χ1) is 10.1. The summed E-state index contributed by atoms with van der Waals surface area (Å²) in [7, 11) is -3.66. The molecule has 0 fully saturated rings. The predicted molar refractivity (Wildman–Crippen MR) is 78.7 cm³/mol. The zero-order valence-electron chi connectivity index (χ0n) is 11.4. The Labute approximate surface area is 123 Å². The van der Waals surface area contributed by atoms with Crippen LogP contribution in [-0.4, -0.2) is 29.5 Å². The van der Waals surface area contributed by atoms with Gasteiger partial charge in [0, 0.05) is 31.7 Å². The van der Waals surface area contributed by atoms with Crippen molar-refractivity contribution in [2.75, 3.05) is 12.0 Å². The Balaban J connectivity index is 1.84. The summed E-state index contributed by atoms with van der Waals surface area (Å²) >= 11 is 0. The number of anilines is 1. The normalized spacial score (nSPS) is 11.5. The molecule has 0 saturated carbocycles. The quantitative estimate of drug-likeness (QED) is 0.367. The molecule has 0 aromatic carbocycles. The van der Waals surface area contributed by atoms with Crippen molar-refractivity contribution >= 4 is 15.7 Å². The van der Waals surface area contributed by atoms with Gasteiger partial charge < -0.3 is 9.99 Å². The van der Waals surface area contributed by atoms with Gasteiger partial charge in [0.25, 0.3) is 10.0 Å². The average molecular weight is 310 g/mol. The van der Waals surface area contributed by atoms with Crippen molar-refractivity contribution < 1.29 is 8.42 Å². The maximum absolute atomic E-state index is 12.1. The Hall–Kier alpha value is -1.97. The number of hydrazine groups is 1. The van der Waals surface area contributed by atoms with Crippen LogP contribution in [0.25, 0.3) is 0 Å². The number of imidazole rings is 1. The van der Waals surface area contributed by atoms with Gasteiger partial charge in [-0.2, -0.15) is 0 Å². The lowest BCUT2D eigenvalue weighted by atomic mass is 10.3. The molecule has 0 spiro atoms. The van der Waals surface area contributed by atoms with Gasteiger partial charge in [-0.1, -0.05) is 0 Å². The van der Waals surface area contributed by atoms with Crippen molar-refractivity contribution in [2.45, 2.75) is 24.4 Å². The molecule has 0 aliphatic rings. The number of aryl methyl sites for hydroxylation is 1. The molecule has 0 saturated heterocycles. The zero-order chi connectivity index (χ0) is 15.1. The van der Waals surface area contributed by atoms with Crippen LogP contribution in [0, 0.1) is 0 Å². The first-order valence-electron chi connectivity index (χ1n) is 6.50. The number of aromatic nitrogens is 3. The lowest BCUT2D eigenvalue weighted by Crippen LogP contribution is -2.27. The number of sulfonamides is 1. The summed E-state index contributed by atoms with van der Waals surface area (Å²) in [6.45, 7) is 1.15. The van der Waals surface area contributed by atoms with E-state index in [-0.39, 0.29) is 10.7 Å². The van der Waals surface area contributed by atoms with Gasteiger partial charge in [0.1, 0.15) is 0 Å². The minimum atomic E-state index is -3.66. The summed E-state index contributed by atoms with van der Waals surface area (Å²) in [5.74, 6) is 5.29. The molecule has 0 bridgehead atoms. The number of nitrogens with one attached hydrogen (secondary N) is 2. The first kappa shape index (κ1) is 15.4. The molecule has 0 atom stereocenters. The zero-order valence-corrected chi connectivity index (χ0v) is 12.3. The topological polar surface area (TPSA) is 115 Å². The van der Waals surface area contributed by atoms with E-state index in [0.29, 0.717) is 6.54 Å². The number of nitrogen functional groups attached to an aromatic ring is 1. The van der Waals surface area contributed by atoms with Crippen LogP contribution >= 0.6 is 0 Å². The molecule has 0 aliphatic heterocycles. The summed E-state index contributed by atoms with van der Waals surface area (Å²) in [4.78, 5) is 7.80. The summed E-state index contributed by atoms with van der Waals surface area (Å²) in [5.41, 5.74) is 2.60. The van der Waals surface area contributed by atoms with Crippen molar-refractivity contribution in [1.29, 1.82) is 0 Å². The second kappa shape index (κ2) is 7.16. The summed E-state index contributed by atoms with van der Waals surface area (Å²) in [5, 5.41) is -0.0953. The number of pyridine rings is 1. The maximum atomic E-state index is 12.1. The lowest BCUT2D eigenvalue weighted by molar-refractivity contribution is 0.563. The van der Waals surface area contributed by atoms with Crippen LogP contribution in [0.2, 0.25) is 0 Å². The largest absolute Gasteiger partial charge is 0.337 e. The molecular weight excluding hydrogens is 292 g/mol. The van der Waals surface area contributed by atoms with E-state index in [1.807, 2.05) is 10.8 Å². The smallest absolute Gasteiger partial charge is 0.260 e. The molecule has 2 aromatic rings. The molecule has 2 rings (SSSR count). The van der Waals surface area contributed by atoms with Gasteiger partial charge in [0.2, 0.25) is 0 Å². The molecule has 114 valence electrons. The van der Waals surface area contributed by atoms with Crippen LogP contribution < -0.4 is 16.0 Å². The summed E-state index contributed by atoms with van der Waals surface area (Å²) < 4.78 is 28.7. The molecule has 0 aliphatic carbocycles. The van der Waals surface area contributed by atoms with Crippen LogP contribution in [0.15, 0.2) is 42.1 Å². The monoisotopic (exact) mass is 310 g/mol. The number of nitrogens with zero attached hydrogens (tertiary/aromatic N) is 3. The highest BCUT2D eigenvalue weighted by Crippen LogP contribution is 2.16. The standard InChI is InChI=1S/C12H18N6O2S/c13-17-11-4-3-5-15-12(11)21(19,20)16-6-1-2-8-18-9-7-14-10-18/h3-5,7,9-10,16-17H,1-2,6,8,13H2. The molecule has 0 amide bonds. The predicted octanol–water partition coefficient (Wildman–Crippen LogP) is 0.322. The maximum Gasteiger partial charge on any atom is 0.260 e. The van der Waals surface area contributed by atoms with Gasteiger partial charge in [-0.05, 0) is 25.0 Å². The van der Waals surface area contributed by atoms with Gasteiger partial charge in [-0.15, -0.1) is 0 Å². The van der Waals surface area contributed by atoms with E-state index in [1.165, 1.54) is 6.20 Å². The van der Waals surface area contributed by atoms with E-state index in [2.05, 4.69) is 20.1 Å². The van der Waals surface area contributed by atoms with E-state index in [9.17, 15) is 8.42 Å². The van der Waals surface area contributed by atoms with E-state index in [4.69, 9.17) is 5.84 Å². The van der Waals surface area contributed by atoms with Crippen LogP contribution in [0.4, 0.5) is 5.69 Å². The molecule has 2 heterocycles. The summed E-state index contributed by atoms with van der Waals surface area (Å²) in [6.07, 6.45) is 8.30. The Bertz CT molecular complexity index is 656. The number of rotatable bonds is 8. The third kappa shape index (κ3) is 4.25. The Morgan fingerprint density at radius 1 is 1.29 bits per heavy atom. The molecule has 4 N–H and O–H groups in total. The second-order valence-corrected chi connectivity index (χ2v) is 6.09. The molecule has 8 nitrogen and oxygen atoms in total. The average Bonchev–Trinajstić information content (AvgIpc) is 3.00. The highest BCUT2D eigenvalue weighted by molar-refractivity contribution is 7.89.